The maximum absolute atomic E-state index is 12.2. The molecule has 1 saturated heterocycles. The number of anilines is 1. The van der Waals surface area contributed by atoms with E-state index < -0.39 is 5.91 Å². The molecule has 5 heteroatoms. The Morgan fingerprint density at radius 3 is 2.77 bits per heavy atom. The first-order chi connectivity index (χ1) is 10.6. The lowest BCUT2D eigenvalue weighted by Gasteiger charge is -2.16. The fraction of sp³-hybridized carbons (Fsp3) is 0.235. The minimum Gasteiger partial charge on any atom is -0.366 e. The van der Waals surface area contributed by atoms with E-state index in [0.717, 1.165) is 11.3 Å². The van der Waals surface area contributed by atoms with E-state index in [9.17, 15) is 9.59 Å². The highest BCUT2D eigenvalue weighted by Crippen LogP contribution is 2.27. The minimum absolute atomic E-state index is 0.134. The molecule has 0 radical (unpaired) electrons. The van der Waals surface area contributed by atoms with Gasteiger partial charge in [0.15, 0.2) is 0 Å². The Labute approximate surface area is 128 Å². The molecule has 1 aromatic heterocycles. The fourth-order valence-electron chi connectivity index (χ4n) is 2.84. The molecule has 2 aromatic rings. The number of nitrogens with zero attached hydrogens (tertiary/aromatic N) is 2. The second-order valence-electron chi connectivity index (χ2n) is 5.56. The quantitative estimate of drug-likeness (QED) is 0.934. The summed E-state index contributed by atoms with van der Waals surface area (Å²) in [6, 6.07) is 11.4. The number of carbonyl (C=O) groups is 2. The van der Waals surface area contributed by atoms with Gasteiger partial charge in [-0.05, 0) is 36.1 Å². The summed E-state index contributed by atoms with van der Waals surface area (Å²) in [5, 5.41) is 0. The molecule has 0 spiro atoms. The minimum atomic E-state index is -0.484. The van der Waals surface area contributed by atoms with Crippen LogP contribution in [-0.2, 0) is 11.2 Å². The van der Waals surface area contributed by atoms with E-state index in [-0.39, 0.29) is 11.8 Å². The van der Waals surface area contributed by atoms with Gasteiger partial charge < -0.3 is 10.6 Å². The molecule has 22 heavy (non-hydrogen) atoms. The van der Waals surface area contributed by atoms with E-state index in [1.165, 1.54) is 6.20 Å². The zero-order valence-electron chi connectivity index (χ0n) is 12.1. The summed E-state index contributed by atoms with van der Waals surface area (Å²) >= 11 is 0. The molecule has 0 unspecified atom stereocenters. The van der Waals surface area contributed by atoms with E-state index in [4.69, 9.17) is 5.73 Å². The number of benzene rings is 1. The molecule has 5 nitrogen and oxygen atoms in total. The summed E-state index contributed by atoms with van der Waals surface area (Å²) in [4.78, 5) is 29.2. The SMILES string of the molecule is NC(=O)c1cncc(C[C@H]2CC(=O)N(c3ccccc3)C2)c1. The second kappa shape index (κ2) is 5.97. The van der Waals surface area contributed by atoms with Crippen LogP contribution >= 0.6 is 0 Å². The second-order valence-corrected chi connectivity index (χ2v) is 5.56. The molecule has 1 atom stereocenters. The van der Waals surface area contributed by atoms with E-state index in [2.05, 4.69) is 4.98 Å². The van der Waals surface area contributed by atoms with Crippen LogP contribution in [0.15, 0.2) is 48.8 Å². The van der Waals surface area contributed by atoms with Crippen LogP contribution in [0.2, 0.25) is 0 Å². The maximum atomic E-state index is 12.2. The number of aromatic nitrogens is 1. The van der Waals surface area contributed by atoms with Crippen molar-refractivity contribution in [1.82, 2.24) is 4.98 Å². The molecule has 2 heterocycles. The lowest BCUT2D eigenvalue weighted by atomic mass is 9.99. The standard InChI is InChI=1S/C17H17N3O2/c18-17(22)14-7-12(9-19-10-14)6-13-8-16(21)20(11-13)15-4-2-1-3-5-15/h1-5,7,9-10,13H,6,8,11H2,(H2,18,22)/t13-/m0/s1. The van der Waals surface area contributed by atoms with Crippen molar-refractivity contribution in [2.24, 2.45) is 11.7 Å². The average molecular weight is 295 g/mol. The largest absolute Gasteiger partial charge is 0.366 e. The topological polar surface area (TPSA) is 76.3 Å². The van der Waals surface area contributed by atoms with Gasteiger partial charge in [-0.25, -0.2) is 0 Å². The first-order valence-electron chi connectivity index (χ1n) is 7.22. The van der Waals surface area contributed by atoms with Gasteiger partial charge in [-0.2, -0.15) is 0 Å². The number of para-hydroxylation sites is 1. The predicted octanol–water partition coefficient (Wildman–Crippen LogP) is 1.78. The normalized spacial score (nSPS) is 17.7. The lowest BCUT2D eigenvalue weighted by molar-refractivity contribution is -0.117. The number of amides is 2. The fourth-order valence-corrected chi connectivity index (χ4v) is 2.84. The molecule has 112 valence electrons. The smallest absolute Gasteiger partial charge is 0.250 e. The third kappa shape index (κ3) is 2.98. The van der Waals surface area contributed by atoms with E-state index in [0.29, 0.717) is 24.9 Å². The van der Waals surface area contributed by atoms with Gasteiger partial charge in [0, 0.05) is 31.0 Å². The molecule has 0 saturated carbocycles. The molecule has 1 aliphatic heterocycles. The number of nitrogens with two attached hydrogens (primary N) is 1. The van der Waals surface area contributed by atoms with Crippen LogP contribution in [0, 0.1) is 5.92 Å². The summed E-state index contributed by atoms with van der Waals surface area (Å²) in [6.07, 6.45) is 4.41. The monoisotopic (exact) mass is 295 g/mol. The summed E-state index contributed by atoms with van der Waals surface area (Å²) in [6.45, 7) is 0.684. The van der Waals surface area contributed by atoms with Crippen molar-refractivity contribution in [3.05, 3.63) is 59.9 Å². The summed E-state index contributed by atoms with van der Waals surface area (Å²) in [5.41, 5.74) is 7.54. The van der Waals surface area contributed by atoms with Gasteiger partial charge >= 0.3 is 0 Å². The average Bonchev–Trinajstić information content (AvgIpc) is 2.89. The van der Waals surface area contributed by atoms with E-state index >= 15 is 0 Å². The van der Waals surface area contributed by atoms with Crippen LogP contribution < -0.4 is 10.6 Å². The van der Waals surface area contributed by atoms with Crippen molar-refractivity contribution in [3.8, 4) is 0 Å². The van der Waals surface area contributed by atoms with Crippen LogP contribution in [0.1, 0.15) is 22.3 Å². The summed E-state index contributed by atoms with van der Waals surface area (Å²) in [7, 11) is 0. The molecule has 1 aromatic carbocycles. The van der Waals surface area contributed by atoms with Gasteiger partial charge in [0.2, 0.25) is 11.8 Å². The number of primary amides is 1. The van der Waals surface area contributed by atoms with Crippen LogP contribution in [0.4, 0.5) is 5.69 Å². The Balaban J connectivity index is 1.71. The van der Waals surface area contributed by atoms with Crippen molar-refractivity contribution >= 4 is 17.5 Å². The zero-order valence-corrected chi connectivity index (χ0v) is 12.1. The van der Waals surface area contributed by atoms with Gasteiger partial charge in [-0.3, -0.25) is 14.6 Å². The van der Waals surface area contributed by atoms with E-state index in [1.54, 1.807) is 12.3 Å². The molecule has 1 fully saturated rings. The van der Waals surface area contributed by atoms with Gasteiger partial charge in [0.05, 0.1) is 5.56 Å². The van der Waals surface area contributed by atoms with Crippen molar-refractivity contribution in [2.45, 2.75) is 12.8 Å². The Kier molecular flexibility index (Phi) is 3.87. The third-order valence-corrected chi connectivity index (χ3v) is 3.88. The number of pyridine rings is 1. The highest BCUT2D eigenvalue weighted by Gasteiger charge is 2.30. The van der Waals surface area contributed by atoms with Gasteiger partial charge in [-0.15, -0.1) is 0 Å². The molecule has 3 rings (SSSR count). The molecule has 0 aliphatic carbocycles. The third-order valence-electron chi connectivity index (χ3n) is 3.88. The molecule has 1 aliphatic rings. The highest BCUT2D eigenvalue weighted by atomic mass is 16.2. The van der Waals surface area contributed by atoms with Crippen LogP contribution in [0.25, 0.3) is 0 Å². The van der Waals surface area contributed by atoms with Gasteiger partial charge in [0.1, 0.15) is 0 Å². The number of carbonyl (C=O) groups excluding carboxylic acids is 2. The molecule has 0 bridgehead atoms. The van der Waals surface area contributed by atoms with Crippen LogP contribution in [0.3, 0.4) is 0 Å². The van der Waals surface area contributed by atoms with Crippen LogP contribution in [0.5, 0.6) is 0 Å². The molecule has 2 amide bonds. The number of rotatable bonds is 4. The zero-order chi connectivity index (χ0) is 15.5. The predicted molar refractivity (Wildman–Crippen MR) is 83.4 cm³/mol. The van der Waals surface area contributed by atoms with Crippen LogP contribution in [-0.4, -0.2) is 23.3 Å². The Morgan fingerprint density at radius 2 is 2.05 bits per heavy atom. The Bertz CT molecular complexity index is 700. The lowest BCUT2D eigenvalue weighted by Crippen LogP contribution is -2.24. The first-order valence-corrected chi connectivity index (χ1v) is 7.22. The summed E-state index contributed by atoms with van der Waals surface area (Å²) in [5.74, 6) is -0.129. The van der Waals surface area contributed by atoms with Crippen molar-refractivity contribution < 1.29 is 9.59 Å². The number of hydrogen-bond donors (Lipinski definition) is 1. The highest BCUT2D eigenvalue weighted by molar-refractivity contribution is 5.95. The Morgan fingerprint density at radius 1 is 1.27 bits per heavy atom. The molecular weight excluding hydrogens is 278 g/mol. The maximum Gasteiger partial charge on any atom is 0.250 e. The number of hydrogen-bond acceptors (Lipinski definition) is 3. The van der Waals surface area contributed by atoms with E-state index in [1.807, 2.05) is 35.2 Å². The van der Waals surface area contributed by atoms with Crippen molar-refractivity contribution in [1.29, 1.82) is 0 Å². The summed E-state index contributed by atoms with van der Waals surface area (Å²) < 4.78 is 0. The Hall–Kier alpha value is -2.69. The van der Waals surface area contributed by atoms with Crippen molar-refractivity contribution in [2.75, 3.05) is 11.4 Å². The first kappa shape index (κ1) is 14.3. The van der Waals surface area contributed by atoms with Crippen molar-refractivity contribution in [3.63, 3.8) is 0 Å². The van der Waals surface area contributed by atoms with Gasteiger partial charge in [0.25, 0.3) is 0 Å². The molecular formula is C17H17N3O2. The van der Waals surface area contributed by atoms with Gasteiger partial charge in [-0.1, -0.05) is 18.2 Å². The molecule has 2 N–H and O–H groups in total.